The second-order valence-electron chi connectivity index (χ2n) is 5.26. The minimum Gasteiger partial charge on any atom is -0.395 e. The highest BCUT2D eigenvalue weighted by Gasteiger charge is 2.25. The van der Waals surface area contributed by atoms with Crippen molar-refractivity contribution in [3.63, 3.8) is 0 Å². The molecule has 1 aromatic carbocycles. The molecule has 116 valence electrons. The maximum Gasteiger partial charge on any atom is 0.322 e. The Morgan fingerprint density at radius 2 is 2.00 bits per heavy atom. The first kappa shape index (κ1) is 16.4. The lowest BCUT2D eigenvalue weighted by atomic mass is 9.94. The van der Waals surface area contributed by atoms with Gasteiger partial charge in [0.05, 0.1) is 17.3 Å². The summed E-state index contributed by atoms with van der Waals surface area (Å²) in [5.41, 5.74) is 0.493. The number of carbonyl (C=O) groups is 1. The molecule has 0 aromatic heterocycles. The van der Waals surface area contributed by atoms with Crippen LogP contribution in [0.5, 0.6) is 0 Å². The van der Waals surface area contributed by atoms with Gasteiger partial charge in [-0.25, -0.2) is 4.79 Å². The number of hydrogen-bond acceptors (Lipinski definition) is 2. The van der Waals surface area contributed by atoms with Crippen molar-refractivity contribution in [3.05, 3.63) is 28.2 Å². The molecule has 1 fully saturated rings. The second kappa shape index (κ2) is 7.87. The van der Waals surface area contributed by atoms with Crippen LogP contribution in [0, 0.1) is 0 Å². The van der Waals surface area contributed by atoms with Gasteiger partial charge in [0.1, 0.15) is 0 Å². The van der Waals surface area contributed by atoms with Crippen LogP contribution < -0.4 is 5.32 Å². The Kier molecular flexibility index (Phi) is 6.15. The van der Waals surface area contributed by atoms with E-state index in [1.165, 1.54) is 6.42 Å². The molecule has 2 rings (SSSR count). The quantitative estimate of drug-likeness (QED) is 0.871. The fourth-order valence-electron chi connectivity index (χ4n) is 2.73. The first-order valence-corrected chi connectivity index (χ1v) is 8.01. The molecule has 1 aromatic rings. The molecule has 0 radical (unpaired) electrons. The summed E-state index contributed by atoms with van der Waals surface area (Å²) in [6.07, 6.45) is 5.42. The zero-order valence-corrected chi connectivity index (χ0v) is 13.3. The van der Waals surface area contributed by atoms with Crippen molar-refractivity contribution in [2.45, 2.75) is 38.1 Å². The number of nitrogens with one attached hydrogen (secondary N) is 1. The van der Waals surface area contributed by atoms with Gasteiger partial charge in [0, 0.05) is 17.6 Å². The van der Waals surface area contributed by atoms with Crippen molar-refractivity contribution in [3.8, 4) is 0 Å². The van der Waals surface area contributed by atoms with Crippen LogP contribution in [0.15, 0.2) is 18.2 Å². The van der Waals surface area contributed by atoms with Gasteiger partial charge in [0.25, 0.3) is 0 Å². The summed E-state index contributed by atoms with van der Waals surface area (Å²) < 4.78 is 0. The Bertz CT molecular complexity index is 491. The van der Waals surface area contributed by atoms with Gasteiger partial charge in [0.2, 0.25) is 0 Å². The van der Waals surface area contributed by atoms with E-state index in [-0.39, 0.29) is 18.7 Å². The van der Waals surface area contributed by atoms with Crippen LogP contribution in [-0.2, 0) is 0 Å². The molecular weight excluding hydrogens is 311 g/mol. The molecule has 0 spiro atoms. The maximum absolute atomic E-state index is 12.5. The molecular formula is C15H20Cl2N2O2. The van der Waals surface area contributed by atoms with Crippen LogP contribution >= 0.6 is 23.2 Å². The summed E-state index contributed by atoms with van der Waals surface area (Å²) >= 11 is 12.0. The third kappa shape index (κ3) is 4.50. The van der Waals surface area contributed by atoms with Crippen molar-refractivity contribution in [1.29, 1.82) is 0 Å². The van der Waals surface area contributed by atoms with Gasteiger partial charge in [-0.05, 0) is 31.0 Å². The predicted octanol–water partition coefficient (Wildman–Crippen LogP) is 4.15. The van der Waals surface area contributed by atoms with Crippen molar-refractivity contribution in [2.75, 3.05) is 18.5 Å². The van der Waals surface area contributed by atoms with Crippen LogP contribution in [-0.4, -0.2) is 35.2 Å². The molecule has 4 nitrogen and oxygen atoms in total. The number of halogens is 2. The Morgan fingerprint density at radius 3 is 2.67 bits per heavy atom. The van der Waals surface area contributed by atoms with Gasteiger partial charge in [-0.2, -0.15) is 0 Å². The molecule has 1 saturated carbocycles. The zero-order valence-electron chi connectivity index (χ0n) is 11.8. The first-order valence-electron chi connectivity index (χ1n) is 7.25. The highest BCUT2D eigenvalue weighted by Crippen LogP contribution is 2.27. The van der Waals surface area contributed by atoms with Gasteiger partial charge in [-0.15, -0.1) is 0 Å². The number of hydrogen-bond donors (Lipinski definition) is 2. The second-order valence-corrected chi connectivity index (χ2v) is 6.11. The summed E-state index contributed by atoms with van der Waals surface area (Å²) in [5, 5.41) is 13.0. The lowest BCUT2D eigenvalue weighted by molar-refractivity contribution is 0.144. The predicted molar refractivity (Wildman–Crippen MR) is 86.1 cm³/mol. The summed E-state index contributed by atoms with van der Waals surface area (Å²) in [4.78, 5) is 14.2. The SMILES string of the molecule is O=C(Nc1cc(Cl)ccc1Cl)N(CCO)C1CCCCC1. The van der Waals surface area contributed by atoms with Crippen molar-refractivity contribution < 1.29 is 9.90 Å². The smallest absolute Gasteiger partial charge is 0.322 e. The van der Waals surface area contributed by atoms with Crippen molar-refractivity contribution in [2.24, 2.45) is 0 Å². The van der Waals surface area contributed by atoms with E-state index in [0.717, 1.165) is 25.7 Å². The number of carbonyl (C=O) groups excluding carboxylic acids is 1. The third-order valence-corrected chi connectivity index (χ3v) is 4.35. The summed E-state index contributed by atoms with van der Waals surface area (Å²) in [6, 6.07) is 4.90. The molecule has 1 aliphatic rings. The molecule has 0 unspecified atom stereocenters. The lowest BCUT2D eigenvalue weighted by Crippen LogP contribution is -2.45. The van der Waals surface area contributed by atoms with Gasteiger partial charge in [-0.1, -0.05) is 42.5 Å². The highest BCUT2D eigenvalue weighted by atomic mass is 35.5. The standard InChI is InChI=1S/C15H20Cl2N2O2/c16-11-6-7-13(17)14(10-11)18-15(21)19(8-9-20)12-4-2-1-3-5-12/h6-7,10,12,20H,1-5,8-9H2,(H,18,21). The first-order chi connectivity index (χ1) is 10.1. The molecule has 0 bridgehead atoms. The van der Waals surface area contributed by atoms with Gasteiger partial charge in [0.15, 0.2) is 0 Å². The minimum absolute atomic E-state index is 0.0484. The molecule has 0 saturated heterocycles. The molecule has 0 aliphatic heterocycles. The Hall–Kier alpha value is -0.970. The Morgan fingerprint density at radius 1 is 1.29 bits per heavy atom. The van der Waals surface area contributed by atoms with Crippen LogP contribution in [0.1, 0.15) is 32.1 Å². The third-order valence-electron chi connectivity index (χ3n) is 3.79. The summed E-state index contributed by atoms with van der Waals surface area (Å²) in [5.74, 6) is 0. The van der Waals surface area contributed by atoms with Crippen LogP contribution in [0.25, 0.3) is 0 Å². The van der Waals surface area contributed by atoms with E-state index >= 15 is 0 Å². The fourth-order valence-corrected chi connectivity index (χ4v) is 3.07. The number of aliphatic hydroxyl groups excluding tert-OH is 1. The maximum atomic E-state index is 12.5. The van der Waals surface area contributed by atoms with E-state index < -0.39 is 0 Å². The summed E-state index contributed by atoms with van der Waals surface area (Å²) in [7, 11) is 0. The van der Waals surface area contributed by atoms with E-state index in [0.29, 0.717) is 22.3 Å². The Balaban J connectivity index is 2.08. The average Bonchev–Trinajstić information content (AvgIpc) is 2.49. The monoisotopic (exact) mass is 330 g/mol. The number of urea groups is 1. The van der Waals surface area contributed by atoms with E-state index in [2.05, 4.69) is 5.32 Å². The molecule has 2 N–H and O–H groups in total. The average molecular weight is 331 g/mol. The largest absolute Gasteiger partial charge is 0.395 e. The number of nitrogens with zero attached hydrogens (tertiary/aromatic N) is 1. The van der Waals surface area contributed by atoms with Gasteiger partial charge >= 0.3 is 6.03 Å². The van der Waals surface area contributed by atoms with Crippen molar-refractivity contribution >= 4 is 34.9 Å². The number of benzene rings is 1. The van der Waals surface area contributed by atoms with Crippen LogP contribution in [0.3, 0.4) is 0 Å². The lowest BCUT2D eigenvalue weighted by Gasteiger charge is -2.34. The topological polar surface area (TPSA) is 52.6 Å². The molecule has 0 heterocycles. The normalized spacial score (nSPS) is 15.8. The van der Waals surface area contributed by atoms with E-state index in [1.54, 1.807) is 23.1 Å². The zero-order chi connectivity index (χ0) is 15.2. The number of amides is 2. The number of rotatable bonds is 4. The van der Waals surface area contributed by atoms with Gasteiger partial charge < -0.3 is 15.3 Å². The van der Waals surface area contributed by atoms with E-state index in [4.69, 9.17) is 23.2 Å². The highest BCUT2D eigenvalue weighted by molar-refractivity contribution is 6.35. The number of aliphatic hydroxyl groups is 1. The molecule has 1 aliphatic carbocycles. The van der Waals surface area contributed by atoms with E-state index in [1.807, 2.05) is 0 Å². The molecule has 2 amide bonds. The van der Waals surface area contributed by atoms with E-state index in [9.17, 15) is 9.90 Å². The molecule has 0 atom stereocenters. The minimum atomic E-state index is -0.236. The fraction of sp³-hybridized carbons (Fsp3) is 0.533. The van der Waals surface area contributed by atoms with Crippen LogP contribution in [0.4, 0.5) is 10.5 Å². The molecule has 6 heteroatoms. The summed E-state index contributed by atoms with van der Waals surface area (Å²) in [6.45, 7) is 0.280. The number of anilines is 1. The van der Waals surface area contributed by atoms with Crippen molar-refractivity contribution in [1.82, 2.24) is 4.90 Å². The Labute approximate surface area is 135 Å². The van der Waals surface area contributed by atoms with Gasteiger partial charge in [-0.3, -0.25) is 0 Å². The molecule has 21 heavy (non-hydrogen) atoms. The van der Waals surface area contributed by atoms with Crippen LogP contribution in [0.2, 0.25) is 10.0 Å².